The highest BCUT2D eigenvalue weighted by Crippen LogP contribution is 2.30. The Bertz CT molecular complexity index is 1470. The maximum Gasteiger partial charge on any atom is 0.222 e. The smallest absolute Gasteiger partial charge is 0.222 e. The number of nitrogens with two attached hydrogens (primary N) is 1. The van der Waals surface area contributed by atoms with Crippen LogP contribution in [0.5, 0.6) is 5.75 Å². The van der Waals surface area contributed by atoms with E-state index in [9.17, 15) is 0 Å². The SMILES string of the molecule is CCCCCNc1nc(N)nc2ccn(Cc3ccc(CN4CCC(c5nnc6n5CCNC6)CC4)cc3OC)c12. The summed E-state index contributed by atoms with van der Waals surface area (Å²) in [5.74, 6) is 4.72. The van der Waals surface area contributed by atoms with E-state index in [2.05, 4.69) is 76.2 Å². The number of nitrogens with one attached hydrogen (secondary N) is 2. The third-order valence-electron chi connectivity index (χ3n) is 8.40. The molecule has 11 heteroatoms. The molecule has 1 aromatic carbocycles. The number of fused-ring (bicyclic) bond motifs is 2. The molecule has 5 heterocycles. The summed E-state index contributed by atoms with van der Waals surface area (Å²) in [6.45, 7) is 9.54. The van der Waals surface area contributed by atoms with Crippen molar-refractivity contribution in [1.82, 2.24) is 39.5 Å². The van der Waals surface area contributed by atoms with Crippen molar-refractivity contribution >= 4 is 22.8 Å². The average Bonchev–Trinajstić information content (AvgIpc) is 3.61. The molecule has 3 aromatic heterocycles. The second-order valence-corrected chi connectivity index (χ2v) is 11.2. The molecule has 4 N–H and O–H groups in total. The second-order valence-electron chi connectivity index (χ2n) is 11.2. The molecule has 0 bridgehead atoms. The lowest BCUT2D eigenvalue weighted by atomic mass is 9.95. The Hall–Kier alpha value is -3.70. The zero-order valence-corrected chi connectivity index (χ0v) is 24.3. The van der Waals surface area contributed by atoms with Crippen molar-refractivity contribution in [1.29, 1.82) is 0 Å². The lowest BCUT2D eigenvalue weighted by Gasteiger charge is -2.32. The quantitative estimate of drug-likeness (QED) is 0.236. The van der Waals surface area contributed by atoms with E-state index in [4.69, 9.17) is 10.5 Å². The van der Waals surface area contributed by atoms with E-state index < -0.39 is 0 Å². The molecule has 6 rings (SSSR count). The Morgan fingerprint density at radius 1 is 1.07 bits per heavy atom. The van der Waals surface area contributed by atoms with Gasteiger partial charge in [-0.25, -0.2) is 4.98 Å². The topological polar surface area (TPSA) is 124 Å². The fraction of sp³-hybridized carbons (Fsp3) is 0.533. The summed E-state index contributed by atoms with van der Waals surface area (Å²) in [5, 5.41) is 15.9. The molecule has 0 saturated carbocycles. The summed E-state index contributed by atoms with van der Waals surface area (Å²) in [6, 6.07) is 8.61. The number of methoxy groups -OCH3 is 1. The molecule has 0 unspecified atom stereocenters. The zero-order valence-electron chi connectivity index (χ0n) is 24.3. The first-order valence-corrected chi connectivity index (χ1v) is 15.0. The van der Waals surface area contributed by atoms with Gasteiger partial charge in [-0.05, 0) is 50.0 Å². The summed E-state index contributed by atoms with van der Waals surface area (Å²) in [7, 11) is 1.75. The molecule has 41 heavy (non-hydrogen) atoms. The largest absolute Gasteiger partial charge is 0.496 e. The van der Waals surface area contributed by atoms with Crippen molar-refractivity contribution in [2.24, 2.45) is 0 Å². The number of hydrogen-bond donors (Lipinski definition) is 3. The number of anilines is 2. The molecule has 1 saturated heterocycles. The number of rotatable bonds is 11. The minimum Gasteiger partial charge on any atom is -0.496 e. The van der Waals surface area contributed by atoms with Crippen molar-refractivity contribution in [3.8, 4) is 5.75 Å². The maximum atomic E-state index is 6.01. The van der Waals surface area contributed by atoms with Crippen LogP contribution < -0.4 is 21.1 Å². The first kappa shape index (κ1) is 27.5. The fourth-order valence-corrected chi connectivity index (χ4v) is 6.19. The standard InChI is InChI=1S/C30H42N10O/c1-3-4-5-11-33-28-27-24(34-30(31)35-28)10-15-39(27)20-23-7-6-21(17-25(23)41-2)19-38-13-8-22(9-14-38)29-37-36-26-18-32-12-16-40(26)29/h6-7,10,15,17,22,32H,3-5,8-9,11-14,16,18-20H2,1-2H3,(H3,31,33,34,35). The molecule has 2 aliphatic heterocycles. The Morgan fingerprint density at radius 2 is 1.95 bits per heavy atom. The van der Waals surface area contributed by atoms with Crippen LogP contribution in [0.2, 0.25) is 0 Å². The zero-order chi connectivity index (χ0) is 28.2. The van der Waals surface area contributed by atoms with Gasteiger partial charge in [-0.2, -0.15) is 4.98 Å². The molecular formula is C30H42N10O. The van der Waals surface area contributed by atoms with Crippen LogP contribution in [0.15, 0.2) is 30.5 Å². The van der Waals surface area contributed by atoms with Crippen LogP contribution in [0, 0.1) is 0 Å². The maximum absolute atomic E-state index is 6.01. The van der Waals surface area contributed by atoms with Crippen LogP contribution in [-0.4, -0.2) is 67.5 Å². The predicted molar refractivity (Wildman–Crippen MR) is 161 cm³/mol. The minimum absolute atomic E-state index is 0.289. The lowest BCUT2D eigenvalue weighted by molar-refractivity contribution is 0.199. The van der Waals surface area contributed by atoms with E-state index >= 15 is 0 Å². The molecular weight excluding hydrogens is 516 g/mol. The molecule has 0 amide bonds. The van der Waals surface area contributed by atoms with Gasteiger partial charge in [0.2, 0.25) is 5.95 Å². The monoisotopic (exact) mass is 558 g/mol. The molecule has 2 aliphatic rings. The van der Waals surface area contributed by atoms with Gasteiger partial charge in [0.25, 0.3) is 0 Å². The van der Waals surface area contributed by atoms with E-state index in [0.29, 0.717) is 12.5 Å². The number of piperidine rings is 1. The van der Waals surface area contributed by atoms with E-state index in [1.54, 1.807) is 7.11 Å². The van der Waals surface area contributed by atoms with Gasteiger partial charge in [0, 0.05) is 43.9 Å². The van der Waals surface area contributed by atoms with Crippen molar-refractivity contribution in [3.63, 3.8) is 0 Å². The summed E-state index contributed by atoms with van der Waals surface area (Å²) in [5.41, 5.74) is 10.2. The van der Waals surface area contributed by atoms with Crippen LogP contribution in [0.3, 0.4) is 0 Å². The predicted octanol–water partition coefficient (Wildman–Crippen LogP) is 3.75. The number of ether oxygens (including phenoxy) is 1. The second kappa shape index (κ2) is 12.4. The molecule has 0 spiro atoms. The van der Waals surface area contributed by atoms with Gasteiger partial charge in [-0.15, -0.1) is 10.2 Å². The molecule has 0 aliphatic carbocycles. The minimum atomic E-state index is 0.289. The highest BCUT2D eigenvalue weighted by Gasteiger charge is 2.27. The normalized spacial score (nSPS) is 16.2. The van der Waals surface area contributed by atoms with Crippen molar-refractivity contribution < 1.29 is 4.74 Å². The fourth-order valence-electron chi connectivity index (χ4n) is 6.19. The summed E-state index contributed by atoms with van der Waals surface area (Å²) in [6.07, 6.45) is 7.73. The molecule has 4 aromatic rings. The summed E-state index contributed by atoms with van der Waals surface area (Å²) in [4.78, 5) is 11.5. The number of likely N-dealkylation sites (tertiary alicyclic amines) is 1. The van der Waals surface area contributed by atoms with E-state index in [1.165, 1.54) is 24.2 Å². The van der Waals surface area contributed by atoms with Gasteiger partial charge >= 0.3 is 0 Å². The van der Waals surface area contributed by atoms with Crippen molar-refractivity contribution in [2.45, 2.75) is 71.1 Å². The Labute approximate surface area is 241 Å². The molecule has 11 nitrogen and oxygen atoms in total. The molecule has 218 valence electrons. The van der Waals surface area contributed by atoms with Crippen LogP contribution in [0.25, 0.3) is 11.0 Å². The number of unbranched alkanes of at least 4 members (excludes halogenated alkanes) is 2. The van der Waals surface area contributed by atoms with E-state index in [1.807, 2.05) is 6.07 Å². The van der Waals surface area contributed by atoms with Gasteiger partial charge in [-0.3, -0.25) is 4.90 Å². The molecule has 0 radical (unpaired) electrons. The van der Waals surface area contributed by atoms with Gasteiger partial charge in [0.15, 0.2) is 5.82 Å². The number of aromatic nitrogens is 6. The Kier molecular flexibility index (Phi) is 8.33. The number of hydrogen-bond acceptors (Lipinski definition) is 9. The van der Waals surface area contributed by atoms with E-state index in [-0.39, 0.29) is 5.95 Å². The number of benzene rings is 1. The van der Waals surface area contributed by atoms with Gasteiger partial charge in [0.1, 0.15) is 22.9 Å². The van der Waals surface area contributed by atoms with Crippen molar-refractivity contribution in [3.05, 3.63) is 53.2 Å². The number of nitrogen functional groups attached to an aromatic ring is 1. The third kappa shape index (κ3) is 6.01. The van der Waals surface area contributed by atoms with Gasteiger partial charge in [0.05, 0.1) is 25.7 Å². The first-order chi connectivity index (χ1) is 20.1. The van der Waals surface area contributed by atoms with Gasteiger partial charge < -0.3 is 30.2 Å². The highest BCUT2D eigenvalue weighted by molar-refractivity contribution is 5.87. The first-order valence-electron chi connectivity index (χ1n) is 15.0. The third-order valence-corrected chi connectivity index (χ3v) is 8.40. The average molecular weight is 559 g/mol. The lowest BCUT2D eigenvalue weighted by Crippen LogP contribution is -2.34. The Morgan fingerprint density at radius 3 is 2.78 bits per heavy atom. The van der Waals surface area contributed by atoms with Crippen LogP contribution in [0.4, 0.5) is 11.8 Å². The van der Waals surface area contributed by atoms with Gasteiger partial charge in [-0.1, -0.05) is 31.9 Å². The molecule has 1 fully saturated rings. The summed E-state index contributed by atoms with van der Waals surface area (Å²) < 4.78 is 10.4. The van der Waals surface area contributed by atoms with Crippen LogP contribution in [0.1, 0.15) is 67.7 Å². The van der Waals surface area contributed by atoms with E-state index in [0.717, 1.165) is 99.1 Å². The van der Waals surface area contributed by atoms with Crippen molar-refractivity contribution in [2.75, 3.05) is 44.3 Å². The number of nitrogens with zero attached hydrogens (tertiary/aromatic N) is 7. The van der Waals surface area contributed by atoms with Crippen LogP contribution in [-0.2, 0) is 26.2 Å². The highest BCUT2D eigenvalue weighted by atomic mass is 16.5. The molecule has 0 atom stereocenters. The summed E-state index contributed by atoms with van der Waals surface area (Å²) >= 11 is 0. The Balaban J connectivity index is 1.12. The van der Waals surface area contributed by atoms with Crippen LogP contribution >= 0.6 is 0 Å².